The molecule has 0 aliphatic rings. The van der Waals surface area contributed by atoms with Gasteiger partial charge in [-0.25, -0.2) is 0 Å². The molecule has 0 radical (unpaired) electrons. The molecule has 0 spiro atoms. The summed E-state index contributed by atoms with van der Waals surface area (Å²) in [6.45, 7) is 8.80. The Morgan fingerprint density at radius 2 is 1.67 bits per heavy atom. The van der Waals surface area contributed by atoms with Gasteiger partial charge in [0.1, 0.15) is 0 Å². The molecule has 1 nitrogen and oxygen atoms in total. The molecule has 2 aromatic carbocycles. The highest BCUT2D eigenvalue weighted by Crippen LogP contribution is 2.28. The maximum atomic E-state index is 6.39. The lowest BCUT2D eigenvalue weighted by molar-refractivity contribution is 0.589. The summed E-state index contributed by atoms with van der Waals surface area (Å²) in [5.74, 6) is 0. The molecule has 2 rings (SSSR count). The van der Waals surface area contributed by atoms with Crippen molar-refractivity contribution in [2.24, 2.45) is 5.73 Å². The first-order valence-corrected chi connectivity index (χ1v) is 8.18. The molecule has 2 aromatic rings. The maximum absolute atomic E-state index is 6.39. The summed E-state index contributed by atoms with van der Waals surface area (Å²) in [5.41, 5.74) is 11.6. The quantitative estimate of drug-likeness (QED) is 0.802. The van der Waals surface area contributed by atoms with Crippen LogP contribution in [0.1, 0.15) is 49.1 Å². The van der Waals surface area contributed by atoms with E-state index in [0.29, 0.717) is 0 Å². The average molecular weight is 346 g/mol. The van der Waals surface area contributed by atoms with Crippen molar-refractivity contribution in [3.63, 3.8) is 0 Å². The van der Waals surface area contributed by atoms with Gasteiger partial charge in [0.25, 0.3) is 0 Å². The highest BCUT2D eigenvalue weighted by atomic mass is 79.9. The first kappa shape index (κ1) is 16.3. The zero-order valence-electron chi connectivity index (χ0n) is 13.3. The topological polar surface area (TPSA) is 26.0 Å². The maximum Gasteiger partial charge on any atom is 0.0347 e. The van der Waals surface area contributed by atoms with E-state index in [4.69, 9.17) is 5.73 Å². The zero-order valence-corrected chi connectivity index (χ0v) is 14.9. The molecule has 0 aliphatic heterocycles. The SMILES string of the molecule is Cc1cccc(C(N)Cc2ccc(C(C)(C)C)cc2)c1Br. The van der Waals surface area contributed by atoms with E-state index in [9.17, 15) is 0 Å². The van der Waals surface area contributed by atoms with Gasteiger partial charge in [0.2, 0.25) is 0 Å². The van der Waals surface area contributed by atoms with Crippen molar-refractivity contribution in [3.05, 3.63) is 69.2 Å². The summed E-state index contributed by atoms with van der Waals surface area (Å²) in [7, 11) is 0. The lowest BCUT2D eigenvalue weighted by atomic mass is 9.86. The minimum atomic E-state index is 0.0137. The molecule has 0 heterocycles. The second-order valence-corrected chi connectivity index (χ2v) is 7.53. The predicted octanol–water partition coefficient (Wildman–Crippen LogP) is 5.30. The molecule has 2 N–H and O–H groups in total. The second kappa shape index (κ2) is 6.33. The van der Waals surface area contributed by atoms with Crippen molar-refractivity contribution in [1.82, 2.24) is 0 Å². The minimum Gasteiger partial charge on any atom is -0.324 e. The van der Waals surface area contributed by atoms with Crippen molar-refractivity contribution in [3.8, 4) is 0 Å². The number of aryl methyl sites for hydroxylation is 1. The third kappa shape index (κ3) is 3.96. The number of benzene rings is 2. The Bertz CT molecular complexity index is 608. The highest BCUT2D eigenvalue weighted by Gasteiger charge is 2.15. The standard InChI is InChI=1S/C19H24BrN/c1-13-6-5-7-16(18(13)20)17(21)12-14-8-10-15(11-9-14)19(2,3)4/h5-11,17H,12,21H2,1-4H3. The molecule has 112 valence electrons. The first-order valence-electron chi connectivity index (χ1n) is 7.39. The normalized spacial score (nSPS) is 13.2. The van der Waals surface area contributed by atoms with Crippen molar-refractivity contribution >= 4 is 15.9 Å². The van der Waals surface area contributed by atoms with Crippen LogP contribution in [-0.4, -0.2) is 0 Å². The molecule has 1 atom stereocenters. The van der Waals surface area contributed by atoms with Gasteiger partial charge in [-0.1, -0.05) is 79.2 Å². The van der Waals surface area contributed by atoms with Crippen LogP contribution >= 0.6 is 15.9 Å². The predicted molar refractivity (Wildman–Crippen MR) is 94.7 cm³/mol. The summed E-state index contributed by atoms with van der Waals surface area (Å²) in [6.07, 6.45) is 0.854. The molecule has 0 amide bonds. The van der Waals surface area contributed by atoms with E-state index in [1.54, 1.807) is 0 Å². The average Bonchev–Trinajstić information content (AvgIpc) is 2.41. The molecule has 0 aliphatic carbocycles. The van der Waals surface area contributed by atoms with E-state index in [2.05, 4.69) is 86.1 Å². The highest BCUT2D eigenvalue weighted by molar-refractivity contribution is 9.10. The molecular weight excluding hydrogens is 322 g/mol. The van der Waals surface area contributed by atoms with E-state index < -0.39 is 0 Å². The van der Waals surface area contributed by atoms with Crippen LogP contribution in [0.3, 0.4) is 0 Å². The third-order valence-electron chi connectivity index (χ3n) is 3.90. The lowest BCUT2D eigenvalue weighted by Crippen LogP contribution is -2.15. The Balaban J connectivity index is 2.16. The number of rotatable bonds is 3. The molecular formula is C19H24BrN. The van der Waals surface area contributed by atoms with Crippen LogP contribution in [0.15, 0.2) is 46.9 Å². The molecule has 0 saturated heterocycles. The van der Waals surface area contributed by atoms with Gasteiger partial charge in [-0.15, -0.1) is 0 Å². The van der Waals surface area contributed by atoms with Gasteiger partial charge in [0, 0.05) is 10.5 Å². The summed E-state index contributed by atoms with van der Waals surface area (Å²) in [4.78, 5) is 0. The van der Waals surface area contributed by atoms with Crippen molar-refractivity contribution < 1.29 is 0 Å². The summed E-state index contributed by atoms with van der Waals surface area (Å²) in [5, 5.41) is 0. The van der Waals surface area contributed by atoms with E-state index in [0.717, 1.165) is 10.9 Å². The first-order chi connectivity index (χ1) is 9.79. The molecule has 0 fully saturated rings. The molecule has 0 aromatic heterocycles. The summed E-state index contributed by atoms with van der Waals surface area (Å²) in [6, 6.07) is 15.1. The van der Waals surface area contributed by atoms with Gasteiger partial charge < -0.3 is 5.73 Å². The lowest BCUT2D eigenvalue weighted by Gasteiger charge is -2.20. The third-order valence-corrected chi connectivity index (χ3v) is 4.98. The van der Waals surface area contributed by atoms with Gasteiger partial charge in [-0.3, -0.25) is 0 Å². The Morgan fingerprint density at radius 1 is 1.05 bits per heavy atom. The van der Waals surface area contributed by atoms with E-state index >= 15 is 0 Å². The Kier molecular flexibility index (Phi) is 4.90. The Morgan fingerprint density at radius 3 is 2.24 bits per heavy atom. The molecule has 0 bridgehead atoms. The van der Waals surface area contributed by atoms with E-state index in [-0.39, 0.29) is 11.5 Å². The number of hydrogen-bond donors (Lipinski definition) is 1. The molecule has 2 heteroatoms. The minimum absolute atomic E-state index is 0.0137. The van der Waals surface area contributed by atoms with Crippen LogP contribution in [0.4, 0.5) is 0 Å². The summed E-state index contributed by atoms with van der Waals surface area (Å²) < 4.78 is 1.13. The van der Waals surface area contributed by atoms with Crippen LogP contribution in [0.2, 0.25) is 0 Å². The number of hydrogen-bond acceptors (Lipinski definition) is 1. The molecule has 21 heavy (non-hydrogen) atoms. The van der Waals surface area contributed by atoms with Crippen molar-refractivity contribution in [2.45, 2.75) is 45.6 Å². The van der Waals surface area contributed by atoms with Crippen LogP contribution < -0.4 is 5.73 Å². The number of halogens is 1. The zero-order chi connectivity index (χ0) is 15.6. The van der Waals surface area contributed by atoms with Crippen molar-refractivity contribution in [2.75, 3.05) is 0 Å². The fourth-order valence-corrected chi connectivity index (χ4v) is 3.02. The van der Waals surface area contributed by atoms with Gasteiger partial charge in [-0.2, -0.15) is 0 Å². The fourth-order valence-electron chi connectivity index (χ4n) is 2.46. The van der Waals surface area contributed by atoms with Crippen LogP contribution in [0.5, 0.6) is 0 Å². The Hall–Kier alpha value is -1.12. The Labute approximate surface area is 136 Å². The fraction of sp³-hybridized carbons (Fsp3) is 0.368. The van der Waals surface area contributed by atoms with Gasteiger partial charge in [0.05, 0.1) is 0 Å². The summed E-state index contributed by atoms with van der Waals surface area (Å²) >= 11 is 3.65. The largest absolute Gasteiger partial charge is 0.324 e. The smallest absolute Gasteiger partial charge is 0.0347 e. The molecule has 0 saturated carbocycles. The van der Waals surface area contributed by atoms with Gasteiger partial charge in [0.15, 0.2) is 0 Å². The van der Waals surface area contributed by atoms with Gasteiger partial charge >= 0.3 is 0 Å². The van der Waals surface area contributed by atoms with E-state index in [1.165, 1.54) is 22.3 Å². The molecule has 1 unspecified atom stereocenters. The number of nitrogens with two attached hydrogens (primary N) is 1. The van der Waals surface area contributed by atoms with Crippen LogP contribution in [0.25, 0.3) is 0 Å². The second-order valence-electron chi connectivity index (χ2n) is 6.74. The van der Waals surface area contributed by atoms with E-state index in [1.807, 2.05) is 0 Å². The van der Waals surface area contributed by atoms with Gasteiger partial charge in [-0.05, 0) is 41.0 Å². The van der Waals surface area contributed by atoms with Crippen LogP contribution in [0, 0.1) is 6.92 Å². The monoisotopic (exact) mass is 345 g/mol. The van der Waals surface area contributed by atoms with Crippen molar-refractivity contribution in [1.29, 1.82) is 0 Å². The van der Waals surface area contributed by atoms with Crippen LogP contribution in [-0.2, 0) is 11.8 Å².